The summed E-state index contributed by atoms with van der Waals surface area (Å²) in [6.45, 7) is 0.560. The normalized spacial score (nSPS) is 21.8. The Hall–Kier alpha value is -2.28. The van der Waals surface area contributed by atoms with Crippen LogP contribution < -0.4 is 10.6 Å². The molecule has 1 amide bonds. The van der Waals surface area contributed by atoms with Gasteiger partial charge in [-0.2, -0.15) is 0 Å². The topological polar surface area (TPSA) is 59.0 Å². The predicted molar refractivity (Wildman–Crippen MR) is 90.6 cm³/mol. The maximum Gasteiger partial charge on any atom is 0.262 e. The van der Waals surface area contributed by atoms with Crippen molar-refractivity contribution in [2.45, 2.75) is 44.2 Å². The lowest BCUT2D eigenvalue weighted by Crippen LogP contribution is -2.35. The summed E-state index contributed by atoms with van der Waals surface area (Å²) < 4.78 is 28.6. The lowest BCUT2D eigenvalue weighted by Gasteiger charge is -2.11. The van der Waals surface area contributed by atoms with Crippen LogP contribution in [0.15, 0.2) is 30.5 Å². The number of halogens is 2. The van der Waals surface area contributed by atoms with E-state index in [9.17, 15) is 13.6 Å². The molecule has 3 heterocycles. The molecular formula is C18H20F2N4O. The summed E-state index contributed by atoms with van der Waals surface area (Å²) in [4.78, 5) is 16.7. The minimum atomic E-state index is -2.81. The second kappa shape index (κ2) is 6.22. The number of amides is 1. The molecule has 132 valence electrons. The van der Waals surface area contributed by atoms with Crippen molar-refractivity contribution in [2.75, 3.05) is 11.9 Å². The standard InChI is InChI=1S/C18H20F2N4O/c19-18(20)9-14(21-11-18)17(25)22-13-6-4-12(5-7-13)15-10-24-8-2-1-3-16(24)23-15/h4-7,10,14,21H,1-3,8-9,11H2,(H,22,25). The van der Waals surface area contributed by atoms with Crippen LogP contribution in [0.2, 0.25) is 0 Å². The van der Waals surface area contributed by atoms with Crippen LogP contribution in [0.1, 0.15) is 25.1 Å². The molecule has 4 rings (SSSR count). The van der Waals surface area contributed by atoms with Crippen LogP contribution in [0.3, 0.4) is 0 Å². The molecule has 2 aromatic rings. The van der Waals surface area contributed by atoms with E-state index in [1.165, 1.54) is 12.8 Å². The van der Waals surface area contributed by atoms with E-state index < -0.39 is 30.8 Å². The summed E-state index contributed by atoms with van der Waals surface area (Å²) >= 11 is 0. The number of carbonyl (C=O) groups is 1. The van der Waals surface area contributed by atoms with Crippen LogP contribution in [0.25, 0.3) is 11.3 Å². The van der Waals surface area contributed by atoms with Crippen molar-refractivity contribution in [1.82, 2.24) is 14.9 Å². The average Bonchev–Trinajstić information content (AvgIpc) is 3.18. The van der Waals surface area contributed by atoms with Gasteiger partial charge in [0.25, 0.3) is 5.92 Å². The molecule has 0 spiro atoms. The van der Waals surface area contributed by atoms with Gasteiger partial charge in [0, 0.05) is 36.8 Å². The first kappa shape index (κ1) is 16.2. The van der Waals surface area contributed by atoms with Gasteiger partial charge in [0.05, 0.1) is 18.3 Å². The molecule has 5 nitrogen and oxygen atoms in total. The Morgan fingerprint density at radius 1 is 1.28 bits per heavy atom. The molecule has 25 heavy (non-hydrogen) atoms. The Bertz CT molecular complexity index is 761. The van der Waals surface area contributed by atoms with E-state index in [2.05, 4.69) is 26.4 Å². The number of fused-ring (bicyclic) bond motifs is 1. The van der Waals surface area contributed by atoms with Gasteiger partial charge in [0.15, 0.2) is 0 Å². The molecule has 2 aliphatic rings. The van der Waals surface area contributed by atoms with Crippen molar-refractivity contribution < 1.29 is 13.6 Å². The first-order valence-electron chi connectivity index (χ1n) is 8.59. The van der Waals surface area contributed by atoms with Gasteiger partial charge >= 0.3 is 0 Å². The summed E-state index contributed by atoms with van der Waals surface area (Å²) in [6.07, 6.45) is 4.97. The highest BCUT2D eigenvalue weighted by Crippen LogP contribution is 2.27. The lowest BCUT2D eigenvalue weighted by molar-refractivity contribution is -0.118. The first-order chi connectivity index (χ1) is 12.0. The Balaban J connectivity index is 1.43. The molecule has 7 heteroatoms. The van der Waals surface area contributed by atoms with Gasteiger partial charge in [-0.25, -0.2) is 13.8 Å². The minimum Gasteiger partial charge on any atom is -0.334 e. The van der Waals surface area contributed by atoms with E-state index in [1.54, 1.807) is 12.1 Å². The van der Waals surface area contributed by atoms with Gasteiger partial charge in [-0.1, -0.05) is 12.1 Å². The zero-order valence-corrected chi connectivity index (χ0v) is 13.8. The third kappa shape index (κ3) is 3.42. The van der Waals surface area contributed by atoms with Gasteiger partial charge in [-0.3, -0.25) is 10.1 Å². The second-order valence-corrected chi connectivity index (χ2v) is 6.75. The number of anilines is 1. The number of imidazole rings is 1. The number of nitrogens with zero attached hydrogens (tertiary/aromatic N) is 2. The lowest BCUT2D eigenvalue weighted by atomic mass is 10.1. The quantitative estimate of drug-likeness (QED) is 0.898. The molecule has 1 fully saturated rings. The van der Waals surface area contributed by atoms with Gasteiger partial charge in [-0.15, -0.1) is 0 Å². The fourth-order valence-electron chi connectivity index (χ4n) is 3.41. The predicted octanol–water partition coefficient (Wildman–Crippen LogP) is 2.82. The van der Waals surface area contributed by atoms with Gasteiger partial charge < -0.3 is 9.88 Å². The van der Waals surface area contributed by atoms with E-state index in [0.717, 1.165) is 30.0 Å². The summed E-state index contributed by atoms with van der Waals surface area (Å²) in [5, 5.41) is 5.25. The fourth-order valence-corrected chi connectivity index (χ4v) is 3.41. The third-order valence-electron chi connectivity index (χ3n) is 4.78. The van der Waals surface area contributed by atoms with Gasteiger partial charge in [0.2, 0.25) is 5.91 Å². The minimum absolute atomic E-state index is 0.428. The van der Waals surface area contributed by atoms with Crippen LogP contribution in [0.4, 0.5) is 14.5 Å². The number of hydrogen-bond acceptors (Lipinski definition) is 3. The monoisotopic (exact) mass is 346 g/mol. The molecule has 2 N–H and O–H groups in total. The number of aryl methyl sites for hydroxylation is 2. The molecule has 2 aliphatic heterocycles. The third-order valence-corrected chi connectivity index (χ3v) is 4.78. The number of nitrogens with one attached hydrogen (secondary N) is 2. The van der Waals surface area contributed by atoms with E-state index in [1.807, 2.05) is 12.1 Å². The highest BCUT2D eigenvalue weighted by Gasteiger charge is 2.42. The first-order valence-corrected chi connectivity index (χ1v) is 8.59. The van der Waals surface area contributed by atoms with Crippen molar-refractivity contribution in [2.24, 2.45) is 0 Å². The van der Waals surface area contributed by atoms with Crippen molar-refractivity contribution in [1.29, 1.82) is 0 Å². The highest BCUT2D eigenvalue weighted by molar-refractivity contribution is 5.95. The highest BCUT2D eigenvalue weighted by atomic mass is 19.3. The maximum atomic E-state index is 13.2. The summed E-state index contributed by atoms with van der Waals surface area (Å²) in [5.74, 6) is -2.12. The number of carbonyl (C=O) groups excluding carboxylic acids is 1. The van der Waals surface area contributed by atoms with Crippen LogP contribution in [0, 0.1) is 0 Å². The SMILES string of the molecule is O=C(Nc1ccc(-c2cn3c(n2)CCCC3)cc1)C1CC(F)(F)CN1. The van der Waals surface area contributed by atoms with Gasteiger partial charge in [0.1, 0.15) is 5.82 Å². The molecule has 1 saturated heterocycles. The number of benzene rings is 1. The number of aromatic nitrogens is 2. The zero-order valence-electron chi connectivity index (χ0n) is 13.8. The average molecular weight is 346 g/mol. The van der Waals surface area contributed by atoms with Crippen LogP contribution >= 0.6 is 0 Å². The zero-order chi connectivity index (χ0) is 17.4. The second-order valence-electron chi connectivity index (χ2n) is 6.75. The van der Waals surface area contributed by atoms with Crippen LogP contribution in [-0.4, -0.2) is 34.0 Å². The molecule has 1 atom stereocenters. The smallest absolute Gasteiger partial charge is 0.262 e. The molecule has 0 radical (unpaired) electrons. The number of hydrogen-bond donors (Lipinski definition) is 2. The van der Waals surface area contributed by atoms with E-state index in [0.29, 0.717) is 5.69 Å². The van der Waals surface area contributed by atoms with Crippen molar-refractivity contribution in [3.05, 3.63) is 36.3 Å². The molecule has 0 saturated carbocycles. The van der Waals surface area contributed by atoms with Gasteiger partial charge in [-0.05, 0) is 25.0 Å². The van der Waals surface area contributed by atoms with Crippen molar-refractivity contribution >= 4 is 11.6 Å². The fraction of sp³-hybridized carbons (Fsp3) is 0.444. The Morgan fingerprint density at radius 2 is 2.08 bits per heavy atom. The summed E-state index contributed by atoms with van der Waals surface area (Å²) in [7, 11) is 0. The molecule has 0 bridgehead atoms. The molecular weight excluding hydrogens is 326 g/mol. The largest absolute Gasteiger partial charge is 0.334 e. The number of rotatable bonds is 3. The Morgan fingerprint density at radius 3 is 2.76 bits per heavy atom. The van der Waals surface area contributed by atoms with E-state index in [4.69, 9.17) is 0 Å². The number of alkyl halides is 2. The van der Waals surface area contributed by atoms with Crippen molar-refractivity contribution in [3.8, 4) is 11.3 Å². The molecule has 1 unspecified atom stereocenters. The van der Waals surface area contributed by atoms with E-state index in [-0.39, 0.29) is 0 Å². The van der Waals surface area contributed by atoms with Crippen LogP contribution in [-0.2, 0) is 17.8 Å². The van der Waals surface area contributed by atoms with E-state index >= 15 is 0 Å². The molecule has 0 aliphatic carbocycles. The molecule has 1 aromatic heterocycles. The summed E-state index contributed by atoms with van der Waals surface area (Å²) in [5.41, 5.74) is 2.49. The van der Waals surface area contributed by atoms with Crippen molar-refractivity contribution in [3.63, 3.8) is 0 Å². The Kier molecular flexibility index (Phi) is 4.03. The Labute approximate surface area is 144 Å². The molecule has 1 aromatic carbocycles. The van der Waals surface area contributed by atoms with Crippen LogP contribution in [0.5, 0.6) is 0 Å². The summed E-state index contributed by atoms with van der Waals surface area (Å²) in [6, 6.07) is 6.48. The maximum absolute atomic E-state index is 13.2.